The van der Waals surface area contributed by atoms with E-state index in [4.69, 9.17) is 4.43 Å². The lowest BCUT2D eigenvalue weighted by Crippen LogP contribution is -2.30. The summed E-state index contributed by atoms with van der Waals surface area (Å²) >= 11 is 0. The van der Waals surface area contributed by atoms with E-state index in [1.54, 1.807) is 0 Å². The molecular weight excluding hydrogens is 140 g/mol. The molecule has 10 heavy (non-hydrogen) atoms. The molecule has 0 amide bonds. The summed E-state index contributed by atoms with van der Waals surface area (Å²) < 4.78 is 5.85. The molecule has 0 aromatic carbocycles. The van der Waals surface area contributed by atoms with Crippen LogP contribution in [0.2, 0.25) is 19.6 Å². The number of rotatable bonds is 2. The van der Waals surface area contributed by atoms with Crippen LogP contribution in [-0.2, 0) is 4.43 Å². The molecule has 0 unspecified atom stereocenters. The Morgan fingerprint density at radius 2 is 2.10 bits per heavy atom. The fourth-order valence-electron chi connectivity index (χ4n) is 1.16. The Morgan fingerprint density at radius 1 is 1.40 bits per heavy atom. The van der Waals surface area contributed by atoms with Crippen LogP contribution in [0, 0.1) is 0 Å². The Balaban J connectivity index is 2.31. The second-order valence-corrected chi connectivity index (χ2v) is 8.23. The minimum Gasteiger partial charge on any atom is -0.411 e. The molecule has 0 fully saturated rings. The second kappa shape index (κ2) is 2.89. The van der Waals surface area contributed by atoms with Crippen molar-refractivity contribution in [3.63, 3.8) is 0 Å². The van der Waals surface area contributed by atoms with Crippen molar-refractivity contribution < 1.29 is 4.43 Å². The third-order valence-electron chi connectivity index (χ3n) is 1.47. The molecule has 0 bridgehead atoms. The van der Waals surface area contributed by atoms with Crippen molar-refractivity contribution in [1.82, 2.24) is 0 Å². The van der Waals surface area contributed by atoms with E-state index in [9.17, 15) is 0 Å². The van der Waals surface area contributed by atoms with Gasteiger partial charge in [0.15, 0.2) is 8.32 Å². The van der Waals surface area contributed by atoms with E-state index in [1.165, 1.54) is 12.8 Å². The minimum absolute atomic E-state index is 0.437. The lowest BCUT2D eigenvalue weighted by molar-refractivity contribution is 0.241. The van der Waals surface area contributed by atoms with Crippen LogP contribution in [0.5, 0.6) is 0 Å². The van der Waals surface area contributed by atoms with Crippen molar-refractivity contribution in [2.75, 3.05) is 0 Å². The van der Waals surface area contributed by atoms with Gasteiger partial charge in [0.1, 0.15) is 0 Å². The lowest BCUT2D eigenvalue weighted by atomic mass is 10.3. The van der Waals surface area contributed by atoms with Crippen molar-refractivity contribution >= 4 is 8.32 Å². The molecule has 0 radical (unpaired) electrons. The monoisotopic (exact) mass is 156 g/mol. The van der Waals surface area contributed by atoms with Crippen LogP contribution in [0.15, 0.2) is 12.2 Å². The first-order valence-corrected chi connectivity index (χ1v) is 7.33. The number of hydrogen-bond donors (Lipinski definition) is 0. The summed E-state index contributed by atoms with van der Waals surface area (Å²) in [6.45, 7) is 6.71. The predicted octanol–water partition coefficient (Wildman–Crippen LogP) is 2.56. The maximum absolute atomic E-state index is 5.85. The summed E-state index contributed by atoms with van der Waals surface area (Å²) in [5.41, 5.74) is 0. The Labute approximate surface area is 64.2 Å². The molecule has 0 saturated heterocycles. The zero-order chi connectivity index (χ0) is 7.61. The van der Waals surface area contributed by atoms with Gasteiger partial charge in [-0.3, -0.25) is 0 Å². The highest BCUT2D eigenvalue weighted by molar-refractivity contribution is 6.69. The smallest absolute Gasteiger partial charge is 0.184 e. The topological polar surface area (TPSA) is 9.23 Å². The highest BCUT2D eigenvalue weighted by Gasteiger charge is 2.20. The molecule has 1 aliphatic rings. The van der Waals surface area contributed by atoms with Gasteiger partial charge < -0.3 is 4.43 Å². The molecule has 0 heterocycles. The standard InChI is InChI=1S/C8H16OSi/c1-10(2,3)9-8-6-4-5-7-8/h4,6,8H,5,7H2,1-3H3/t8-/m0/s1. The molecule has 1 rings (SSSR count). The quantitative estimate of drug-likeness (QED) is 0.441. The van der Waals surface area contributed by atoms with Gasteiger partial charge in [0.25, 0.3) is 0 Å². The van der Waals surface area contributed by atoms with Gasteiger partial charge in [-0.25, -0.2) is 0 Å². The molecule has 1 aliphatic carbocycles. The Morgan fingerprint density at radius 3 is 2.50 bits per heavy atom. The summed E-state index contributed by atoms with van der Waals surface area (Å²) in [4.78, 5) is 0. The van der Waals surface area contributed by atoms with E-state index in [2.05, 4.69) is 31.8 Å². The van der Waals surface area contributed by atoms with Crippen molar-refractivity contribution in [3.05, 3.63) is 12.2 Å². The fraction of sp³-hybridized carbons (Fsp3) is 0.750. The molecule has 0 aliphatic heterocycles. The van der Waals surface area contributed by atoms with E-state index < -0.39 is 8.32 Å². The summed E-state index contributed by atoms with van der Waals surface area (Å²) in [7, 11) is -1.27. The van der Waals surface area contributed by atoms with E-state index in [-0.39, 0.29) is 0 Å². The van der Waals surface area contributed by atoms with Crippen LogP contribution in [0.25, 0.3) is 0 Å². The van der Waals surface area contributed by atoms with E-state index >= 15 is 0 Å². The Hall–Kier alpha value is -0.0831. The summed E-state index contributed by atoms with van der Waals surface area (Å²) in [5.74, 6) is 0. The van der Waals surface area contributed by atoms with Gasteiger partial charge in [-0.1, -0.05) is 12.2 Å². The molecule has 2 heteroatoms. The van der Waals surface area contributed by atoms with Gasteiger partial charge >= 0.3 is 0 Å². The first-order chi connectivity index (χ1) is 4.58. The van der Waals surface area contributed by atoms with Crippen LogP contribution in [0.3, 0.4) is 0 Å². The van der Waals surface area contributed by atoms with E-state index in [0.29, 0.717) is 6.10 Å². The van der Waals surface area contributed by atoms with Crippen LogP contribution >= 0.6 is 0 Å². The van der Waals surface area contributed by atoms with Gasteiger partial charge in [-0.2, -0.15) is 0 Å². The molecular formula is C8H16OSi. The highest BCUT2D eigenvalue weighted by atomic mass is 28.4. The molecule has 0 spiro atoms. The summed E-state index contributed by atoms with van der Waals surface area (Å²) in [5, 5.41) is 0. The molecule has 1 nitrogen and oxygen atoms in total. The summed E-state index contributed by atoms with van der Waals surface area (Å²) in [6.07, 6.45) is 7.24. The van der Waals surface area contributed by atoms with Crippen molar-refractivity contribution in [2.24, 2.45) is 0 Å². The van der Waals surface area contributed by atoms with Crippen molar-refractivity contribution in [1.29, 1.82) is 0 Å². The van der Waals surface area contributed by atoms with Crippen molar-refractivity contribution in [3.8, 4) is 0 Å². The largest absolute Gasteiger partial charge is 0.411 e. The molecule has 0 N–H and O–H groups in total. The van der Waals surface area contributed by atoms with Crippen LogP contribution < -0.4 is 0 Å². The van der Waals surface area contributed by atoms with E-state index in [1.807, 2.05) is 0 Å². The Kier molecular flexibility index (Phi) is 2.31. The third-order valence-corrected chi connectivity index (χ3v) is 2.48. The minimum atomic E-state index is -1.27. The van der Waals surface area contributed by atoms with Gasteiger partial charge in [0, 0.05) is 0 Å². The zero-order valence-corrected chi connectivity index (χ0v) is 8.05. The third kappa shape index (κ3) is 2.67. The van der Waals surface area contributed by atoms with Crippen LogP contribution in [-0.4, -0.2) is 14.4 Å². The molecule has 0 aromatic rings. The average Bonchev–Trinajstić information content (AvgIpc) is 2.12. The van der Waals surface area contributed by atoms with Crippen LogP contribution in [0.4, 0.5) is 0 Å². The molecule has 0 aromatic heterocycles. The second-order valence-electron chi connectivity index (χ2n) is 3.77. The Bertz CT molecular complexity index is 135. The molecule has 58 valence electrons. The van der Waals surface area contributed by atoms with Gasteiger partial charge in [0.2, 0.25) is 0 Å². The number of hydrogen-bond acceptors (Lipinski definition) is 1. The average molecular weight is 156 g/mol. The SMILES string of the molecule is C[Si](C)(C)O[C@H]1C=CCC1. The van der Waals surface area contributed by atoms with Crippen molar-refractivity contribution in [2.45, 2.75) is 38.6 Å². The maximum Gasteiger partial charge on any atom is 0.184 e. The predicted molar refractivity (Wildman–Crippen MR) is 46.6 cm³/mol. The van der Waals surface area contributed by atoms with Gasteiger partial charge in [-0.15, -0.1) is 0 Å². The molecule has 0 saturated carbocycles. The highest BCUT2D eigenvalue weighted by Crippen LogP contribution is 2.17. The van der Waals surface area contributed by atoms with E-state index in [0.717, 1.165) is 0 Å². The normalized spacial score (nSPS) is 25.7. The number of allylic oxidation sites excluding steroid dienone is 1. The summed E-state index contributed by atoms with van der Waals surface area (Å²) in [6, 6.07) is 0. The lowest BCUT2D eigenvalue weighted by Gasteiger charge is -2.21. The van der Waals surface area contributed by atoms with Gasteiger partial charge in [-0.05, 0) is 32.5 Å². The zero-order valence-electron chi connectivity index (χ0n) is 7.05. The first-order valence-electron chi connectivity index (χ1n) is 3.92. The maximum atomic E-state index is 5.85. The van der Waals surface area contributed by atoms with Gasteiger partial charge in [0.05, 0.1) is 6.10 Å². The molecule has 1 atom stereocenters. The first kappa shape index (κ1) is 8.02. The fourth-order valence-corrected chi connectivity index (χ4v) is 2.26. The van der Waals surface area contributed by atoms with Crippen LogP contribution in [0.1, 0.15) is 12.8 Å².